The molecule has 2 aromatic rings. The fourth-order valence-electron chi connectivity index (χ4n) is 1.68. The van der Waals surface area contributed by atoms with Crippen LogP contribution in [0, 0.1) is 0 Å². The average Bonchev–Trinajstić information content (AvgIpc) is 2.39. The SMILES string of the molecule is CCOC(=O)CCOc1cccc2ncccc12. The molecule has 1 heterocycles. The van der Waals surface area contributed by atoms with Crippen molar-refractivity contribution in [1.29, 1.82) is 0 Å². The van der Waals surface area contributed by atoms with Gasteiger partial charge in [0.05, 0.1) is 25.2 Å². The molecular weight excluding hydrogens is 230 g/mol. The van der Waals surface area contributed by atoms with Crippen molar-refractivity contribution in [3.05, 3.63) is 36.5 Å². The third-order valence-corrected chi connectivity index (χ3v) is 2.47. The van der Waals surface area contributed by atoms with Gasteiger partial charge in [-0.2, -0.15) is 0 Å². The van der Waals surface area contributed by atoms with E-state index in [2.05, 4.69) is 4.98 Å². The van der Waals surface area contributed by atoms with Crippen molar-refractivity contribution in [3.8, 4) is 5.75 Å². The fraction of sp³-hybridized carbons (Fsp3) is 0.286. The van der Waals surface area contributed by atoms with E-state index >= 15 is 0 Å². The Kier molecular flexibility index (Phi) is 4.12. The fourth-order valence-corrected chi connectivity index (χ4v) is 1.68. The van der Waals surface area contributed by atoms with E-state index in [0.717, 1.165) is 16.7 Å². The Hall–Kier alpha value is -2.10. The van der Waals surface area contributed by atoms with Gasteiger partial charge in [0.2, 0.25) is 0 Å². The van der Waals surface area contributed by atoms with Gasteiger partial charge in [0.1, 0.15) is 5.75 Å². The van der Waals surface area contributed by atoms with Crippen LogP contribution in [0.25, 0.3) is 10.9 Å². The highest BCUT2D eigenvalue weighted by Crippen LogP contribution is 2.23. The number of aromatic nitrogens is 1. The molecule has 0 unspecified atom stereocenters. The van der Waals surface area contributed by atoms with Gasteiger partial charge in [-0.15, -0.1) is 0 Å². The van der Waals surface area contributed by atoms with Crippen molar-refractivity contribution in [2.45, 2.75) is 13.3 Å². The van der Waals surface area contributed by atoms with Crippen LogP contribution in [-0.4, -0.2) is 24.2 Å². The van der Waals surface area contributed by atoms with E-state index in [9.17, 15) is 4.79 Å². The standard InChI is InChI=1S/C14H15NO3/c1-2-17-14(16)8-10-18-13-7-3-6-12-11(13)5-4-9-15-12/h3-7,9H,2,8,10H2,1H3. The predicted octanol–water partition coefficient (Wildman–Crippen LogP) is 2.57. The van der Waals surface area contributed by atoms with Crippen LogP contribution < -0.4 is 4.74 Å². The molecule has 1 aromatic heterocycles. The van der Waals surface area contributed by atoms with Crippen LogP contribution in [0.5, 0.6) is 5.75 Å². The van der Waals surface area contributed by atoms with Gasteiger partial charge in [-0.25, -0.2) is 0 Å². The van der Waals surface area contributed by atoms with Crippen molar-refractivity contribution in [3.63, 3.8) is 0 Å². The molecule has 0 spiro atoms. The minimum absolute atomic E-state index is 0.240. The predicted molar refractivity (Wildman–Crippen MR) is 68.5 cm³/mol. The molecule has 0 N–H and O–H groups in total. The molecule has 94 valence electrons. The molecule has 0 bridgehead atoms. The molecule has 2 rings (SSSR count). The highest BCUT2D eigenvalue weighted by molar-refractivity contribution is 5.84. The maximum atomic E-state index is 11.2. The molecule has 1 aromatic carbocycles. The largest absolute Gasteiger partial charge is 0.492 e. The number of rotatable bonds is 5. The molecule has 0 saturated carbocycles. The first kappa shape index (κ1) is 12.4. The number of hydrogen-bond acceptors (Lipinski definition) is 4. The molecular formula is C14H15NO3. The van der Waals surface area contributed by atoms with Gasteiger partial charge in [-0.1, -0.05) is 6.07 Å². The second-order valence-electron chi connectivity index (χ2n) is 3.73. The number of hydrogen-bond donors (Lipinski definition) is 0. The van der Waals surface area contributed by atoms with Gasteiger partial charge >= 0.3 is 5.97 Å². The lowest BCUT2D eigenvalue weighted by atomic mass is 10.2. The van der Waals surface area contributed by atoms with Crippen LogP contribution in [0.15, 0.2) is 36.5 Å². The molecule has 0 saturated heterocycles. The van der Waals surface area contributed by atoms with E-state index in [1.165, 1.54) is 0 Å². The summed E-state index contributed by atoms with van der Waals surface area (Å²) in [5.41, 5.74) is 0.881. The van der Waals surface area contributed by atoms with Crippen LogP contribution >= 0.6 is 0 Å². The Balaban J connectivity index is 2.01. The Labute approximate surface area is 106 Å². The van der Waals surface area contributed by atoms with Crippen LogP contribution in [0.3, 0.4) is 0 Å². The summed E-state index contributed by atoms with van der Waals surface area (Å²) in [6.45, 7) is 2.50. The molecule has 18 heavy (non-hydrogen) atoms. The number of pyridine rings is 1. The molecule has 0 aliphatic heterocycles. The average molecular weight is 245 g/mol. The number of carbonyl (C=O) groups is 1. The summed E-state index contributed by atoms with van der Waals surface area (Å²) in [5, 5.41) is 0.948. The van der Waals surface area contributed by atoms with Crippen molar-refractivity contribution in [2.75, 3.05) is 13.2 Å². The minimum Gasteiger partial charge on any atom is -0.492 e. The molecule has 0 atom stereocenters. The second-order valence-corrected chi connectivity index (χ2v) is 3.73. The third kappa shape index (κ3) is 2.97. The number of nitrogens with zero attached hydrogens (tertiary/aromatic N) is 1. The lowest BCUT2D eigenvalue weighted by Crippen LogP contribution is -2.09. The summed E-state index contributed by atoms with van der Waals surface area (Å²) in [4.78, 5) is 15.4. The second kappa shape index (κ2) is 6.00. The van der Waals surface area contributed by atoms with Gasteiger partial charge in [-0.3, -0.25) is 9.78 Å². The quantitative estimate of drug-likeness (QED) is 0.759. The Morgan fingerprint density at radius 2 is 2.17 bits per heavy atom. The molecule has 4 nitrogen and oxygen atoms in total. The van der Waals surface area contributed by atoms with Crippen molar-refractivity contribution < 1.29 is 14.3 Å². The van der Waals surface area contributed by atoms with E-state index in [-0.39, 0.29) is 12.4 Å². The first-order chi connectivity index (χ1) is 8.81. The van der Waals surface area contributed by atoms with Gasteiger partial charge < -0.3 is 9.47 Å². The van der Waals surface area contributed by atoms with Crippen molar-refractivity contribution in [2.24, 2.45) is 0 Å². The van der Waals surface area contributed by atoms with Crippen LogP contribution in [0.1, 0.15) is 13.3 Å². The van der Waals surface area contributed by atoms with Crippen LogP contribution in [0.4, 0.5) is 0 Å². The first-order valence-corrected chi connectivity index (χ1v) is 5.93. The zero-order chi connectivity index (χ0) is 12.8. The van der Waals surface area contributed by atoms with Gasteiger partial charge in [-0.05, 0) is 31.2 Å². The zero-order valence-corrected chi connectivity index (χ0v) is 10.3. The summed E-state index contributed by atoms with van der Waals surface area (Å²) in [5.74, 6) is 0.501. The van der Waals surface area contributed by atoms with Crippen molar-refractivity contribution >= 4 is 16.9 Å². The number of carbonyl (C=O) groups excluding carboxylic acids is 1. The van der Waals surface area contributed by atoms with E-state index < -0.39 is 0 Å². The third-order valence-electron chi connectivity index (χ3n) is 2.47. The van der Waals surface area contributed by atoms with Gasteiger partial charge in [0, 0.05) is 11.6 Å². The lowest BCUT2D eigenvalue weighted by Gasteiger charge is -2.08. The summed E-state index contributed by atoms with van der Waals surface area (Å²) in [6.07, 6.45) is 2.00. The van der Waals surface area contributed by atoms with E-state index in [4.69, 9.17) is 9.47 Å². The Morgan fingerprint density at radius 3 is 3.00 bits per heavy atom. The maximum absolute atomic E-state index is 11.2. The van der Waals surface area contributed by atoms with E-state index in [1.807, 2.05) is 30.3 Å². The topological polar surface area (TPSA) is 48.4 Å². The molecule has 0 aliphatic carbocycles. The first-order valence-electron chi connectivity index (χ1n) is 5.93. The smallest absolute Gasteiger partial charge is 0.309 e. The molecule has 0 aliphatic rings. The van der Waals surface area contributed by atoms with Gasteiger partial charge in [0.25, 0.3) is 0 Å². The number of esters is 1. The van der Waals surface area contributed by atoms with Crippen molar-refractivity contribution in [1.82, 2.24) is 4.98 Å². The monoisotopic (exact) mass is 245 g/mol. The molecule has 4 heteroatoms. The number of ether oxygens (including phenoxy) is 2. The summed E-state index contributed by atoms with van der Waals surface area (Å²) in [7, 11) is 0. The Morgan fingerprint density at radius 1 is 1.28 bits per heavy atom. The summed E-state index contributed by atoms with van der Waals surface area (Å²) in [6, 6.07) is 9.49. The highest BCUT2D eigenvalue weighted by Gasteiger charge is 2.05. The minimum atomic E-state index is -0.240. The maximum Gasteiger partial charge on any atom is 0.309 e. The molecule has 0 fully saturated rings. The van der Waals surface area contributed by atoms with E-state index in [1.54, 1.807) is 13.1 Å². The van der Waals surface area contributed by atoms with E-state index in [0.29, 0.717) is 13.2 Å². The molecule has 0 amide bonds. The lowest BCUT2D eigenvalue weighted by molar-refractivity contribution is -0.143. The normalized spacial score (nSPS) is 10.3. The summed E-state index contributed by atoms with van der Waals surface area (Å²) >= 11 is 0. The number of fused-ring (bicyclic) bond motifs is 1. The Bertz CT molecular complexity index is 534. The molecule has 0 radical (unpaired) electrons. The highest BCUT2D eigenvalue weighted by atomic mass is 16.5. The zero-order valence-electron chi connectivity index (χ0n) is 10.3. The van der Waals surface area contributed by atoms with Gasteiger partial charge in [0.15, 0.2) is 0 Å². The summed E-state index contributed by atoms with van der Waals surface area (Å²) < 4.78 is 10.4. The number of benzene rings is 1. The van der Waals surface area contributed by atoms with Crippen LogP contribution in [-0.2, 0) is 9.53 Å². The van der Waals surface area contributed by atoms with Crippen LogP contribution in [0.2, 0.25) is 0 Å².